The van der Waals surface area contributed by atoms with Crippen LogP contribution in [0.2, 0.25) is 0 Å². The molecule has 0 aliphatic heterocycles. The van der Waals surface area contributed by atoms with Crippen molar-refractivity contribution in [3.63, 3.8) is 0 Å². The Bertz CT molecular complexity index is 130. The van der Waals surface area contributed by atoms with E-state index in [0.717, 1.165) is 0 Å². The molecule has 21 heavy (non-hydrogen) atoms. The quantitative estimate of drug-likeness (QED) is 0.574. The fourth-order valence-corrected chi connectivity index (χ4v) is 0. The normalized spacial score (nSPS) is 11.4. The molecule has 0 aromatic rings. The molecule has 0 N–H and O–H groups in total. The van der Waals surface area contributed by atoms with Crippen molar-refractivity contribution in [3.05, 3.63) is 0 Å². The van der Waals surface area contributed by atoms with Crippen molar-refractivity contribution in [1.29, 1.82) is 0 Å². The van der Waals surface area contributed by atoms with Crippen LogP contribution in [-0.2, 0) is 0 Å². The minimum atomic E-state index is -0.750. The van der Waals surface area contributed by atoms with Crippen molar-refractivity contribution in [2.45, 2.75) is 105 Å². The van der Waals surface area contributed by atoms with Gasteiger partial charge in [0.25, 0.3) is 0 Å². The summed E-state index contributed by atoms with van der Waals surface area (Å²) in [4.78, 5) is 0. The largest absolute Gasteiger partial charge is 4.00 e. The Balaban J connectivity index is -0.0000000533. The van der Waals surface area contributed by atoms with E-state index in [2.05, 4.69) is 0 Å². The second-order valence-corrected chi connectivity index (χ2v) is 8.45. The molecule has 128 valence electrons. The predicted molar refractivity (Wildman–Crippen MR) is 84.8 cm³/mol. The molecule has 0 spiro atoms. The van der Waals surface area contributed by atoms with Gasteiger partial charge in [-0.15, -0.1) is 22.4 Å². The molecule has 4 nitrogen and oxygen atoms in total. The Kier molecular flexibility index (Phi) is 20.3. The molecule has 0 amide bonds. The van der Waals surface area contributed by atoms with Gasteiger partial charge in [-0.3, -0.25) is 0 Å². The molecule has 0 atom stereocenters. The summed E-state index contributed by atoms with van der Waals surface area (Å²) in [5, 5.41) is 40.4. The third-order valence-electron chi connectivity index (χ3n) is 0. The molecular formula is C16H36GeO4. The van der Waals surface area contributed by atoms with E-state index in [9.17, 15) is 20.4 Å². The number of hydrogen-bond donors (Lipinski definition) is 0. The van der Waals surface area contributed by atoms with E-state index in [0.29, 0.717) is 0 Å². The molecule has 0 aliphatic rings. The van der Waals surface area contributed by atoms with Crippen LogP contribution in [0.3, 0.4) is 0 Å². The molecule has 5 heteroatoms. The van der Waals surface area contributed by atoms with E-state index in [1.165, 1.54) is 0 Å². The second kappa shape index (κ2) is 12.9. The molecule has 0 fully saturated rings. The van der Waals surface area contributed by atoms with E-state index in [1.54, 1.807) is 83.1 Å². The van der Waals surface area contributed by atoms with Crippen LogP contribution in [0.5, 0.6) is 0 Å². The van der Waals surface area contributed by atoms with Crippen molar-refractivity contribution >= 4 is 17.6 Å². The van der Waals surface area contributed by atoms with Gasteiger partial charge in [0.05, 0.1) is 0 Å². The molecule has 0 aromatic heterocycles. The first kappa shape index (κ1) is 33.1. The van der Waals surface area contributed by atoms with Gasteiger partial charge in [-0.25, -0.2) is 0 Å². The fraction of sp³-hybridized carbons (Fsp3) is 1.00. The van der Waals surface area contributed by atoms with Gasteiger partial charge >= 0.3 is 17.6 Å². The minimum Gasteiger partial charge on any atom is -0.850 e. The summed E-state index contributed by atoms with van der Waals surface area (Å²) in [6.45, 7) is 19.6. The Labute approximate surface area is 144 Å². The van der Waals surface area contributed by atoms with Crippen molar-refractivity contribution in [2.75, 3.05) is 0 Å². The van der Waals surface area contributed by atoms with Crippen LogP contribution in [0.1, 0.15) is 83.1 Å². The van der Waals surface area contributed by atoms with Crippen molar-refractivity contribution in [3.8, 4) is 0 Å². The van der Waals surface area contributed by atoms with E-state index in [1.807, 2.05) is 0 Å². The molecule has 0 bridgehead atoms. The smallest absolute Gasteiger partial charge is 0.850 e. The minimum absolute atomic E-state index is 0. The van der Waals surface area contributed by atoms with Gasteiger partial charge in [-0.1, -0.05) is 83.1 Å². The van der Waals surface area contributed by atoms with Gasteiger partial charge in [0, 0.05) is 0 Å². The van der Waals surface area contributed by atoms with Gasteiger partial charge in [0.2, 0.25) is 0 Å². The fourth-order valence-electron chi connectivity index (χ4n) is 0. The Hall–Kier alpha value is 0.383. The molecule has 0 aromatic carbocycles. The molecule has 0 rings (SSSR count). The van der Waals surface area contributed by atoms with Crippen LogP contribution in [0.4, 0.5) is 0 Å². The van der Waals surface area contributed by atoms with Crippen molar-refractivity contribution in [2.24, 2.45) is 0 Å². The first-order valence-corrected chi connectivity index (χ1v) is 6.82. The van der Waals surface area contributed by atoms with Crippen molar-refractivity contribution < 1.29 is 20.4 Å². The standard InChI is InChI=1S/4C4H9O.Ge/c4*1-4(2,3)5;/h4*1-3H3;/q4*-1;+4. The number of rotatable bonds is 0. The summed E-state index contributed by atoms with van der Waals surface area (Å²) < 4.78 is 0. The van der Waals surface area contributed by atoms with Crippen LogP contribution in [0, 0.1) is 0 Å². The summed E-state index contributed by atoms with van der Waals surface area (Å²) in [6, 6.07) is 0. The Morgan fingerprint density at radius 3 is 0.333 bits per heavy atom. The number of hydrogen-bond acceptors (Lipinski definition) is 4. The van der Waals surface area contributed by atoms with Crippen molar-refractivity contribution in [1.82, 2.24) is 0 Å². The third kappa shape index (κ3) is 47000. The summed E-state index contributed by atoms with van der Waals surface area (Å²) in [5.74, 6) is 0. The average Bonchev–Trinajstić information content (AvgIpc) is 1.62. The molecule has 0 radical (unpaired) electrons. The summed E-state index contributed by atoms with van der Waals surface area (Å²) in [6.07, 6.45) is 0. The van der Waals surface area contributed by atoms with Gasteiger partial charge in [-0.05, 0) is 0 Å². The summed E-state index contributed by atoms with van der Waals surface area (Å²) in [5.41, 5.74) is -3.00. The van der Waals surface area contributed by atoms with E-state index in [4.69, 9.17) is 0 Å². The monoisotopic (exact) mass is 366 g/mol. The van der Waals surface area contributed by atoms with Gasteiger partial charge in [0.15, 0.2) is 0 Å². The van der Waals surface area contributed by atoms with E-state index < -0.39 is 22.4 Å². The van der Waals surface area contributed by atoms with E-state index >= 15 is 0 Å². The van der Waals surface area contributed by atoms with Crippen LogP contribution >= 0.6 is 0 Å². The zero-order chi connectivity index (χ0) is 18.0. The zero-order valence-electron chi connectivity index (χ0n) is 16.1. The van der Waals surface area contributed by atoms with Crippen LogP contribution in [0.15, 0.2) is 0 Å². The Morgan fingerprint density at radius 2 is 0.333 bits per heavy atom. The predicted octanol–water partition coefficient (Wildman–Crippen LogP) is 0.200. The van der Waals surface area contributed by atoms with E-state index in [-0.39, 0.29) is 17.6 Å². The maximum absolute atomic E-state index is 10.1. The molecule has 0 aliphatic carbocycles. The van der Waals surface area contributed by atoms with Gasteiger partial charge in [-0.2, -0.15) is 0 Å². The summed E-state index contributed by atoms with van der Waals surface area (Å²) in [7, 11) is 0. The maximum Gasteiger partial charge on any atom is 4.00 e. The molecule has 0 saturated heterocycles. The van der Waals surface area contributed by atoms with Crippen LogP contribution < -0.4 is 20.4 Å². The van der Waals surface area contributed by atoms with Gasteiger partial charge in [0.1, 0.15) is 0 Å². The second-order valence-electron chi connectivity index (χ2n) is 8.45. The SMILES string of the molecule is CC(C)(C)[O-].CC(C)(C)[O-].CC(C)(C)[O-].CC(C)(C)[O-].[Ge+4]. The Morgan fingerprint density at radius 1 is 0.333 bits per heavy atom. The topological polar surface area (TPSA) is 92.2 Å². The van der Waals surface area contributed by atoms with Crippen LogP contribution in [-0.4, -0.2) is 40.0 Å². The first-order valence-electron chi connectivity index (χ1n) is 6.82. The van der Waals surface area contributed by atoms with Crippen LogP contribution in [0.25, 0.3) is 0 Å². The zero-order valence-corrected chi connectivity index (χ0v) is 18.2. The first-order chi connectivity index (χ1) is 8.00. The maximum atomic E-state index is 10.1. The molecule has 0 saturated carbocycles. The third-order valence-corrected chi connectivity index (χ3v) is 0. The summed E-state index contributed by atoms with van der Waals surface area (Å²) >= 11 is 0. The average molecular weight is 365 g/mol. The molecular weight excluding hydrogens is 329 g/mol. The van der Waals surface area contributed by atoms with Gasteiger partial charge < -0.3 is 20.4 Å². The molecule has 0 unspecified atom stereocenters. The molecule has 0 heterocycles.